The number of likely N-dealkylation sites (N-methyl/N-ethyl adjacent to an activating group) is 1. The van der Waals surface area contributed by atoms with E-state index in [0.29, 0.717) is 24.4 Å². The molecule has 2 N–H and O–H groups in total. The third kappa shape index (κ3) is 5.83. The lowest BCUT2D eigenvalue weighted by Crippen LogP contribution is -2.38. The van der Waals surface area contributed by atoms with Crippen LogP contribution < -0.4 is 10.6 Å². The number of carbonyl (C=O) groups is 2. The fourth-order valence-electron chi connectivity index (χ4n) is 3.38. The lowest BCUT2D eigenvalue weighted by Gasteiger charge is -2.18. The molecule has 1 aromatic rings. The lowest BCUT2D eigenvalue weighted by atomic mass is 9.97. The summed E-state index contributed by atoms with van der Waals surface area (Å²) >= 11 is 1.51. The van der Waals surface area contributed by atoms with Gasteiger partial charge in [0.1, 0.15) is 0 Å². The summed E-state index contributed by atoms with van der Waals surface area (Å²) in [6.45, 7) is 0.264. The van der Waals surface area contributed by atoms with Crippen molar-refractivity contribution in [1.82, 2.24) is 9.62 Å². The van der Waals surface area contributed by atoms with E-state index >= 15 is 0 Å². The largest absolute Gasteiger partial charge is 0.355 e. The number of rotatable bonds is 7. The zero-order chi connectivity index (χ0) is 20.9. The van der Waals surface area contributed by atoms with Crippen molar-refractivity contribution in [2.45, 2.75) is 48.3 Å². The van der Waals surface area contributed by atoms with Crippen molar-refractivity contribution < 1.29 is 18.0 Å². The summed E-state index contributed by atoms with van der Waals surface area (Å²) in [7, 11) is -2.46. The van der Waals surface area contributed by atoms with Gasteiger partial charge in [-0.15, -0.1) is 11.8 Å². The molecule has 0 saturated heterocycles. The third-order valence-electron chi connectivity index (χ3n) is 5.04. The number of amides is 2. The number of benzene rings is 1. The predicted octanol–water partition coefficient (Wildman–Crippen LogP) is 2.75. The molecule has 7 nitrogen and oxygen atoms in total. The number of fused-ring (bicyclic) bond motifs is 1. The Morgan fingerprint density at radius 2 is 2.10 bits per heavy atom. The molecule has 29 heavy (non-hydrogen) atoms. The van der Waals surface area contributed by atoms with Crippen LogP contribution >= 0.6 is 11.8 Å². The highest BCUT2D eigenvalue weighted by Crippen LogP contribution is 2.33. The van der Waals surface area contributed by atoms with Crippen LogP contribution in [0.5, 0.6) is 0 Å². The van der Waals surface area contributed by atoms with Gasteiger partial charge in [0.25, 0.3) is 0 Å². The lowest BCUT2D eigenvalue weighted by molar-refractivity contribution is -0.121. The third-order valence-corrected chi connectivity index (χ3v) is 7.91. The Morgan fingerprint density at radius 1 is 1.28 bits per heavy atom. The molecule has 0 spiro atoms. The van der Waals surface area contributed by atoms with Crippen molar-refractivity contribution in [1.29, 1.82) is 0 Å². The predicted molar refractivity (Wildman–Crippen MR) is 114 cm³/mol. The average Bonchev–Trinajstić information content (AvgIpc) is 2.88. The molecule has 0 radical (unpaired) electrons. The molecule has 158 valence electrons. The number of anilines is 1. The fourth-order valence-corrected chi connectivity index (χ4v) is 5.47. The van der Waals surface area contributed by atoms with Crippen molar-refractivity contribution in [3.05, 3.63) is 29.8 Å². The van der Waals surface area contributed by atoms with Gasteiger partial charge in [-0.3, -0.25) is 9.59 Å². The molecule has 0 atom stereocenters. The van der Waals surface area contributed by atoms with Crippen LogP contribution in [0.15, 0.2) is 39.6 Å². The standard InChI is InChI=1S/C20H27N3O4S2/c1-23(14-20(25)21-11-9-15-5-3-2-4-6-15)29(26,27)16-7-8-18-17(13-16)22-19(24)10-12-28-18/h5,7-8,13H,2-4,6,9-12,14H2,1H3,(H,21,25)(H,22,24). The Labute approximate surface area is 176 Å². The van der Waals surface area contributed by atoms with E-state index < -0.39 is 10.0 Å². The SMILES string of the molecule is CN(CC(=O)NCCC1=CCCCC1)S(=O)(=O)c1ccc2c(c1)NC(=O)CCS2. The molecule has 9 heteroatoms. The topological polar surface area (TPSA) is 95.6 Å². The van der Waals surface area contributed by atoms with Crippen LogP contribution in [0.1, 0.15) is 38.5 Å². The molecule has 1 aromatic carbocycles. The normalized spacial score (nSPS) is 17.2. The van der Waals surface area contributed by atoms with Crippen LogP contribution in [-0.2, 0) is 19.6 Å². The van der Waals surface area contributed by atoms with E-state index in [9.17, 15) is 18.0 Å². The Bertz CT molecular complexity index is 912. The molecule has 2 amide bonds. The molecule has 0 fully saturated rings. The second-order valence-electron chi connectivity index (χ2n) is 7.27. The van der Waals surface area contributed by atoms with E-state index in [4.69, 9.17) is 0 Å². The van der Waals surface area contributed by atoms with Crippen molar-refractivity contribution in [2.75, 3.05) is 31.2 Å². The number of sulfonamides is 1. The summed E-state index contributed by atoms with van der Waals surface area (Å²) in [6.07, 6.45) is 8.04. The maximum atomic E-state index is 12.9. The van der Waals surface area contributed by atoms with E-state index in [-0.39, 0.29) is 23.3 Å². The number of nitrogens with zero attached hydrogens (tertiary/aromatic N) is 1. The van der Waals surface area contributed by atoms with E-state index in [1.54, 1.807) is 6.07 Å². The van der Waals surface area contributed by atoms with E-state index in [0.717, 1.165) is 28.5 Å². The van der Waals surface area contributed by atoms with Crippen molar-refractivity contribution in [3.63, 3.8) is 0 Å². The van der Waals surface area contributed by atoms with Crippen LogP contribution in [0.25, 0.3) is 0 Å². The summed E-state index contributed by atoms with van der Waals surface area (Å²) in [6, 6.07) is 4.68. The molecular formula is C20H27N3O4S2. The number of hydrogen-bond acceptors (Lipinski definition) is 5. The summed E-state index contributed by atoms with van der Waals surface area (Å²) in [5, 5.41) is 5.55. The average molecular weight is 438 g/mol. The first kappa shape index (κ1) is 21.9. The number of nitrogens with one attached hydrogen (secondary N) is 2. The van der Waals surface area contributed by atoms with E-state index in [1.807, 2.05) is 0 Å². The van der Waals surface area contributed by atoms with Gasteiger partial charge in [-0.2, -0.15) is 4.31 Å². The summed E-state index contributed by atoms with van der Waals surface area (Å²) in [4.78, 5) is 24.9. The molecule has 0 bridgehead atoms. The summed E-state index contributed by atoms with van der Waals surface area (Å²) in [5.41, 5.74) is 1.86. The first-order valence-electron chi connectivity index (χ1n) is 9.84. The van der Waals surface area contributed by atoms with Gasteiger partial charge in [0.2, 0.25) is 21.8 Å². The first-order chi connectivity index (χ1) is 13.9. The quantitative estimate of drug-likeness (QED) is 0.640. The molecule has 1 aliphatic heterocycles. The van der Waals surface area contributed by atoms with Gasteiger partial charge in [-0.1, -0.05) is 11.6 Å². The number of carbonyl (C=O) groups excluding carboxylic acids is 2. The van der Waals surface area contributed by atoms with Gasteiger partial charge in [0, 0.05) is 30.7 Å². The highest BCUT2D eigenvalue weighted by atomic mass is 32.2. The molecule has 0 aromatic heterocycles. The molecule has 1 heterocycles. The fraction of sp³-hybridized carbons (Fsp3) is 0.500. The minimum absolute atomic E-state index is 0.0571. The van der Waals surface area contributed by atoms with Crippen LogP contribution in [0.2, 0.25) is 0 Å². The van der Waals surface area contributed by atoms with Crippen LogP contribution in [0.3, 0.4) is 0 Å². The van der Waals surface area contributed by atoms with Gasteiger partial charge in [-0.05, 0) is 50.3 Å². The van der Waals surface area contributed by atoms with Crippen LogP contribution in [0.4, 0.5) is 5.69 Å². The van der Waals surface area contributed by atoms with E-state index in [1.165, 1.54) is 49.4 Å². The highest BCUT2D eigenvalue weighted by molar-refractivity contribution is 7.99. The smallest absolute Gasteiger partial charge is 0.243 e. The van der Waals surface area contributed by atoms with Crippen molar-refractivity contribution >= 4 is 39.3 Å². The highest BCUT2D eigenvalue weighted by Gasteiger charge is 2.25. The maximum absolute atomic E-state index is 12.9. The Kier molecular flexibility index (Phi) is 7.37. The van der Waals surface area contributed by atoms with Crippen molar-refractivity contribution in [2.24, 2.45) is 0 Å². The molecule has 2 aliphatic rings. The van der Waals surface area contributed by atoms with Gasteiger partial charge < -0.3 is 10.6 Å². The van der Waals surface area contributed by atoms with Gasteiger partial charge in [-0.25, -0.2) is 8.42 Å². The second-order valence-corrected chi connectivity index (χ2v) is 10.5. The van der Waals surface area contributed by atoms with Gasteiger partial charge in [0.05, 0.1) is 17.1 Å². The summed E-state index contributed by atoms with van der Waals surface area (Å²) in [5.74, 6) is 0.194. The summed E-state index contributed by atoms with van der Waals surface area (Å²) < 4.78 is 26.8. The molecule has 3 rings (SSSR count). The monoisotopic (exact) mass is 437 g/mol. The Balaban J connectivity index is 1.59. The molecule has 0 unspecified atom stereocenters. The Hall–Kier alpha value is -1.84. The van der Waals surface area contributed by atoms with Crippen LogP contribution in [0, 0.1) is 0 Å². The van der Waals surface area contributed by atoms with Crippen molar-refractivity contribution in [3.8, 4) is 0 Å². The zero-order valence-electron chi connectivity index (χ0n) is 16.6. The molecule has 0 saturated carbocycles. The van der Waals surface area contributed by atoms with E-state index in [2.05, 4.69) is 16.7 Å². The molecule has 1 aliphatic carbocycles. The minimum Gasteiger partial charge on any atom is -0.355 e. The zero-order valence-corrected chi connectivity index (χ0v) is 18.2. The van der Waals surface area contributed by atoms with Gasteiger partial charge >= 0.3 is 0 Å². The van der Waals surface area contributed by atoms with Gasteiger partial charge in [0.15, 0.2) is 0 Å². The molecular weight excluding hydrogens is 410 g/mol. The minimum atomic E-state index is -3.84. The second kappa shape index (κ2) is 9.77. The number of allylic oxidation sites excluding steroid dienone is 1. The first-order valence-corrected chi connectivity index (χ1v) is 12.3. The number of thioether (sulfide) groups is 1. The number of hydrogen-bond donors (Lipinski definition) is 2. The van der Waals surface area contributed by atoms with Crippen LogP contribution in [-0.4, -0.2) is 50.4 Å². The maximum Gasteiger partial charge on any atom is 0.243 e. The Morgan fingerprint density at radius 3 is 2.86 bits per heavy atom.